The molecule has 5 nitrogen and oxygen atoms in total. The fourth-order valence-electron chi connectivity index (χ4n) is 3.02. The predicted molar refractivity (Wildman–Crippen MR) is 92.4 cm³/mol. The van der Waals surface area contributed by atoms with Gasteiger partial charge in [-0.15, -0.1) is 0 Å². The van der Waals surface area contributed by atoms with E-state index in [1.54, 1.807) is 18.3 Å². The molecule has 1 fully saturated rings. The van der Waals surface area contributed by atoms with Gasteiger partial charge in [-0.1, -0.05) is 12.1 Å². The Bertz CT molecular complexity index is 866. The minimum absolute atomic E-state index is 0.00470. The number of pyridine rings is 1. The maximum absolute atomic E-state index is 11.3. The van der Waals surface area contributed by atoms with E-state index in [1.165, 1.54) is 0 Å². The van der Waals surface area contributed by atoms with Gasteiger partial charge in [0.15, 0.2) is 0 Å². The van der Waals surface area contributed by atoms with Crippen LogP contribution in [0.1, 0.15) is 36.3 Å². The highest BCUT2D eigenvalue weighted by molar-refractivity contribution is 7.89. The normalized spacial score (nSPS) is 15.7. The monoisotopic (exact) mass is 341 g/mol. The predicted octanol–water partition coefficient (Wildman–Crippen LogP) is 2.79. The standard InChI is InChI=1S/C18H19N3O2S/c19-10-13-1-3-14(4-2-13)16-9-17(12-21-11-16)18(15-5-6-15)7-8-24(20,22)23/h1-4,9,11-12,15,18H,5-8H2,(H2,20,22,23). The lowest BCUT2D eigenvalue weighted by Gasteiger charge is -2.17. The van der Waals surface area contributed by atoms with E-state index in [9.17, 15) is 8.42 Å². The Kier molecular flexibility index (Phi) is 4.65. The summed E-state index contributed by atoms with van der Waals surface area (Å²) < 4.78 is 22.6. The van der Waals surface area contributed by atoms with Crippen molar-refractivity contribution in [3.8, 4) is 17.2 Å². The van der Waals surface area contributed by atoms with Gasteiger partial charge in [0, 0.05) is 18.0 Å². The first-order valence-corrected chi connectivity index (χ1v) is 9.64. The third kappa shape index (κ3) is 4.19. The van der Waals surface area contributed by atoms with Crippen molar-refractivity contribution in [1.82, 2.24) is 4.98 Å². The van der Waals surface area contributed by atoms with Crippen molar-refractivity contribution in [1.29, 1.82) is 5.26 Å². The van der Waals surface area contributed by atoms with Crippen molar-refractivity contribution in [3.63, 3.8) is 0 Å². The topological polar surface area (TPSA) is 96.8 Å². The number of aromatic nitrogens is 1. The van der Waals surface area contributed by atoms with Crippen LogP contribution in [-0.2, 0) is 10.0 Å². The van der Waals surface area contributed by atoms with Crippen molar-refractivity contribution >= 4 is 10.0 Å². The Labute approximate surface area is 142 Å². The quantitative estimate of drug-likeness (QED) is 0.873. The Morgan fingerprint density at radius 1 is 1.21 bits per heavy atom. The number of nitrogens with two attached hydrogens (primary N) is 1. The molecule has 1 aliphatic rings. The molecule has 2 aromatic rings. The van der Waals surface area contributed by atoms with Crippen molar-refractivity contribution in [3.05, 3.63) is 53.9 Å². The molecule has 1 unspecified atom stereocenters. The lowest BCUT2D eigenvalue weighted by molar-refractivity contribution is 0.562. The van der Waals surface area contributed by atoms with E-state index in [0.717, 1.165) is 29.5 Å². The number of benzene rings is 1. The summed E-state index contributed by atoms with van der Waals surface area (Å²) in [5, 5.41) is 14.0. The Balaban J connectivity index is 1.86. The van der Waals surface area contributed by atoms with E-state index in [1.807, 2.05) is 18.3 Å². The van der Waals surface area contributed by atoms with Crippen LogP contribution in [0.5, 0.6) is 0 Å². The average molecular weight is 341 g/mol. The summed E-state index contributed by atoms with van der Waals surface area (Å²) in [5.74, 6) is 0.689. The van der Waals surface area contributed by atoms with Gasteiger partial charge in [-0.25, -0.2) is 13.6 Å². The molecule has 124 valence electrons. The van der Waals surface area contributed by atoms with Gasteiger partial charge in [0.2, 0.25) is 10.0 Å². The fourth-order valence-corrected chi connectivity index (χ4v) is 3.60. The minimum atomic E-state index is -3.45. The van der Waals surface area contributed by atoms with Gasteiger partial charge in [0.1, 0.15) is 0 Å². The second-order valence-electron chi connectivity index (χ2n) is 6.30. The lowest BCUT2D eigenvalue weighted by atomic mass is 9.91. The SMILES string of the molecule is N#Cc1ccc(-c2cncc(C(CCS(N)(=O)=O)C3CC3)c2)cc1. The molecule has 1 aromatic carbocycles. The van der Waals surface area contributed by atoms with Crippen molar-refractivity contribution < 1.29 is 8.42 Å². The van der Waals surface area contributed by atoms with Gasteiger partial charge in [-0.05, 0) is 60.4 Å². The molecule has 0 saturated heterocycles. The zero-order valence-electron chi connectivity index (χ0n) is 13.2. The summed E-state index contributed by atoms with van der Waals surface area (Å²) in [6.45, 7) is 0. The summed E-state index contributed by atoms with van der Waals surface area (Å²) in [7, 11) is -3.45. The van der Waals surface area contributed by atoms with Gasteiger partial charge in [0.05, 0.1) is 17.4 Å². The van der Waals surface area contributed by atoms with Crippen molar-refractivity contribution in [2.45, 2.75) is 25.2 Å². The summed E-state index contributed by atoms with van der Waals surface area (Å²) >= 11 is 0. The molecule has 3 rings (SSSR count). The minimum Gasteiger partial charge on any atom is -0.264 e. The van der Waals surface area contributed by atoms with Crippen LogP contribution in [0.2, 0.25) is 0 Å². The fraction of sp³-hybridized carbons (Fsp3) is 0.333. The van der Waals surface area contributed by atoms with E-state index >= 15 is 0 Å². The second-order valence-corrected chi connectivity index (χ2v) is 8.03. The molecule has 0 bridgehead atoms. The Morgan fingerprint density at radius 3 is 2.50 bits per heavy atom. The Morgan fingerprint density at radius 2 is 1.92 bits per heavy atom. The van der Waals surface area contributed by atoms with Crippen molar-refractivity contribution in [2.75, 3.05) is 5.75 Å². The molecule has 0 amide bonds. The maximum Gasteiger partial charge on any atom is 0.209 e. The second kappa shape index (κ2) is 6.71. The zero-order valence-corrected chi connectivity index (χ0v) is 14.0. The van der Waals surface area contributed by atoms with E-state index in [2.05, 4.69) is 17.1 Å². The molecule has 0 spiro atoms. The number of hydrogen-bond donors (Lipinski definition) is 1. The van der Waals surface area contributed by atoms with Crippen LogP contribution in [-0.4, -0.2) is 19.2 Å². The van der Waals surface area contributed by atoms with Crippen LogP contribution in [0, 0.1) is 17.2 Å². The van der Waals surface area contributed by atoms with Gasteiger partial charge >= 0.3 is 0 Å². The van der Waals surface area contributed by atoms with E-state index < -0.39 is 10.0 Å². The smallest absolute Gasteiger partial charge is 0.209 e. The van der Waals surface area contributed by atoms with Crippen LogP contribution in [0.25, 0.3) is 11.1 Å². The average Bonchev–Trinajstić information content (AvgIpc) is 3.39. The first-order valence-electron chi connectivity index (χ1n) is 7.92. The molecule has 0 radical (unpaired) electrons. The molecule has 1 aromatic heterocycles. The van der Waals surface area contributed by atoms with Crippen LogP contribution >= 0.6 is 0 Å². The number of nitrogens with zero attached hydrogens (tertiary/aromatic N) is 2. The molecule has 1 atom stereocenters. The molecular formula is C18H19N3O2S. The van der Waals surface area contributed by atoms with E-state index in [0.29, 0.717) is 17.9 Å². The summed E-state index contributed by atoms with van der Waals surface area (Å²) in [6.07, 6.45) is 6.38. The highest BCUT2D eigenvalue weighted by atomic mass is 32.2. The molecule has 24 heavy (non-hydrogen) atoms. The number of sulfonamides is 1. The van der Waals surface area contributed by atoms with Crippen LogP contribution < -0.4 is 5.14 Å². The van der Waals surface area contributed by atoms with Gasteiger partial charge in [-0.3, -0.25) is 4.98 Å². The molecule has 2 N–H and O–H groups in total. The molecule has 1 saturated carbocycles. The highest BCUT2D eigenvalue weighted by Crippen LogP contribution is 2.45. The van der Waals surface area contributed by atoms with Crippen LogP contribution in [0.15, 0.2) is 42.7 Å². The van der Waals surface area contributed by atoms with Crippen LogP contribution in [0.3, 0.4) is 0 Å². The summed E-state index contributed by atoms with van der Waals surface area (Å²) in [4.78, 5) is 4.33. The van der Waals surface area contributed by atoms with E-state index in [4.69, 9.17) is 10.4 Å². The molecule has 1 aliphatic carbocycles. The maximum atomic E-state index is 11.3. The molecule has 0 aliphatic heterocycles. The highest BCUT2D eigenvalue weighted by Gasteiger charge is 2.33. The third-order valence-corrected chi connectivity index (χ3v) is 5.24. The van der Waals surface area contributed by atoms with E-state index in [-0.39, 0.29) is 11.7 Å². The molecule has 6 heteroatoms. The van der Waals surface area contributed by atoms with Gasteiger partial charge < -0.3 is 0 Å². The summed E-state index contributed by atoms with van der Waals surface area (Å²) in [6, 6.07) is 11.5. The van der Waals surface area contributed by atoms with Crippen LogP contribution in [0.4, 0.5) is 0 Å². The Hall–Kier alpha value is -2.23. The van der Waals surface area contributed by atoms with Crippen molar-refractivity contribution in [2.24, 2.45) is 11.1 Å². The van der Waals surface area contributed by atoms with Gasteiger partial charge in [-0.2, -0.15) is 5.26 Å². The first-order chi connectivity index (χ1) is 11.5. The zero-order chi connectivity index (χ0) is 17.2. The first kappa shape index (κ1) is 16.6. The third-order valence-electron chi connectivity index (χ3n) is 4.44. The number of hydrogen-bond acceptors (Lipinski definition) is 4. The van der Waals surface area contributed by atoms with Gasteiger partial charge in [0.25, 0.3) is 0 Å². The summed E-state index contributed by atoms with van der Waals surface area (Å²) in [5.41, 5.74) is 3.64. The number of nitriles is 1. The number of primary sulfonamides is 1. The number of rotatable bonds is 6. The molecule has 1 heterocycles. The molecular weight excluding hydrogens is 322 g/mol. The lowest BCUT2D eigenvalue weighted by Crippen LogP contribution is -2.19. The largest absolute Gasteiger partial charge is 0.264 e.